The number of nitrogens with one attached hydrogen (secondary N) is 1. The summed E-state index contributed by atoms with van der Waals surface area (Å²) in [6, 6.07) is -0.146. The summed E-state index contributed by atoms with van der Waals surface area (Å²) in [4.78, 5) is 22.7. The second kappa shape index (κ2) is 8.51. The van der Waals surface area contributed by atoms with E-state index in [1.165, 1.54) is 30.7 Å². The van der Waals surface area contributed by atoms with Gasteiger partial charge in [-0.2, -0.15) is 0 Å². The maximum absolute atomic E-state index is 13.5. The van der Waals surface area contributed by atoms with E-state index in [2.05, 4.69) is 26.7 Å². The second-order valence-electron chi connectivity index (χ2n) is 8.75. The third-order valence-electron chi connectivity index (χ3n) is 6.82. The summed E-state index contributed by atoms with van der Waals surface area (Å²) >= 11 is 0. The monoisotopic (exact) mass is 389 g/mol. The molecule has 1 atom stereocenters. The van der Waals surface area contributed by atoms with Gasteiger partial charge in [0.1, 0.15) is 0 Å². The van der Waals surface area contributed by atoms with E-state index < -0.39 is 0 Å². The molecule has 1 aromatic heterocycles. The molecule has 7 nitrogen and oxygen atoms in total. The van der Waals surface area contributed by atoms with Crippen LogP contribution in [0.3, 0.4) is 0 Å². The number of amides is 1. The van der Waals surface area contributed by atoms with E-state index in [1.54, 1.807) is 7.11 Å². The van der Waals surface area contributed by atoms with Crippen LogP contribution in [0.5, 0.6) is 0 Å². The van der Waals surface area contributed by atoms with Crippen molar-refractivity contribution in [2.45, 2.75) is 63.1 Å². The van der Waals surface area contributed by atoms with Gasteiger partial charge in [-0.15, -0.1) is 0 Å². The van der Waals surface area contributed by atoms with Crippen molar-refractivity contribution in [2.24, 2.45) is 0 Å². The number of ether oxygens (including phenoxy) is 1. The Kier molecular flexibility index (Phi) is 6.04. The Hall–Kier alpha value is -1.44. The third kappa shape index (κ3) is 3.84. The molecule has 3 heterocycles. The van der Waals surface area contributed by atoms with E-state index >= 15 is 0 Å². The van der Waals surface area contributed by atoms with Crippen LogP contribution in [0.25, 0.3) is 0 Å². The Labute approximate surface area is 168 Å². The van der Waals surface area contributed by atoms with Gasteiger partial charge in [0.25, 0.3) is 0 Å². The first-order valence-corrected chi connectivity index (χ1v) is 10.9. The van der Waals surface area contributed by atoms with Crippen molar-refractivity contribution in [3.05, 3.63) is 17.7 Å². The highest BCUT2D eigenvalue weighted by molar-refractivity contribution is 5.83. The Morgan fingerprint density at radius 2 is 2.04 bits per heavy atom. The molecule has 4 rings (SSSR count). The second-order valence-corrected chi connectivity index (χ2v) is 8.75. The van der Waals surface area contributed by atoms with E-state index in [0.29, 0.717) is 6.61 Å². The number of hydrogen-bond donors (Lipinski definition) is 1. The minimum Gasteiger partial charge on any atom is -0.383 e. The Morgan fingerprint density at radius 1 is 1.21 bits per heavy atom. The normalized spacial score (nSPS) is 25.5. The first-order chi connectivity index (χ1) is 13.6. The molecule has 2 fully saturated rings. The summed E-state index contributed by atoms with van der Waals surface area (Å²) in [6.07, 6.45) is 9.57. The first kappa shape index (κ1) is 19.9. The molecular weight excluding hydrogens is 354 g/mol. The average molecular weight is 390 g/mol. The first-order valence-electron chi connectivity index (χ1n) is 10.9. The lowest BCUT2D eigenvalue weighted by Gasteiger charge is -2.44. The van der Waals surface area contributed by atoms with Crippen molar-refractivity contribution in [3.8, 4) is 0 Å². The number of imidazole rings is 1. The Morgan fingerprint density at radius 3 is 2.82 bits per heavy atom. The zero-order valence-electron chi connectivity index (χ0n) is 17.5. The molecule has 0 radical (unpaired) electrons. The molecule has 1 saturated heterocycles. The molecule has 28 heavy (non-hydrogen) atoms. The van der Waals surface area contributed by atoms with E-state index in [4.69, 9.17) is 9.72 Å². The number of rotatable bonds is 4. The fourth-order valence-electron chi connectivity index (χ4n) is 5.22. The standard InChI is InChI=1S/C21H35N5O2/c1-24-9-6-10-25(12-11-24)20(27)17-15-18-19(22-16-26(18)13-14-28-2)21(23-17)7-4-3-5-8-21/h16-17,23H,3-15H2,1-2H3. The van der Waals surface area contributed by atoms with Crippen molar-refractivity contribution >= 4 is 5.91 Å². The molecule has 0 aromatic carbocycles. The van der Waals surface area contributed by atoms with Crippen LogP contribution in [-0.2, 0) is 28.0 Å². The highest BCUT2D eigenvalue weighted by atomic mass is 16.5. The molecule has 3 aliphatic rings. The van der Waals surface area contributed by atoms with Gasteiger partial charge in [-0.3, -0.25) is 10.1 Å². The SMILES string of the molecule is COCCn1cnc2c1CC(C(=O)N1CCCN(C)CC1)NC21CCCCC1. The predicted octanol–water partition coefficient (Wildman–Crippen LogP) is 1.37. The number of methoxy groups -OCH3 is 1. The van der Waals surface area contributed by atoms with Crippen molar-refractivity contribution in [1.29, 1.82) is 0 Å². The van der Waals surface area contributed by atoms with Gasteiger partial charge in [0.05, 0.1) is 30.2 Å². The van der Waals surface area contributed by atoms with Gasteiger partial charge in [0.15, 0.2) is 0 Å². The largest absolute Gasteiger partial charge is 0.383 e. The Bertz CT molecular complexity index is 682. The molecule has 1 N–H and O–H groups in total. The molecule has 156 valence electrons. The number of likely N-dealkylation sites (N-methyl/N-ethyl adjacent to an activating group) is 1. The summed E-state index contributed by atoms with van der Waals surface area (Å²) in [5, 5.41) is 3.81. The number of carbonyl (C=O) groups is 1. The van der Waals surface area contributed by atoms with E-state index in [0.717, 1.165) is 58.4 Å². The molecule has 1 unspecified atom stereocenters. The van der Waals surface area contributed by atoms with Gasteiger partial charge < -0.3 is 19.1 Å². The minimum atomic E-state index is -0.146. The lowest BCUT2D eigenvalue weighted by Crippen LogP contribution is -2.59. The molecule has 0 bridgehead atoms. The molecule has 1 aliphatic carbocycles. The molecule has 1 aromatic rings. The highest BCUT2D eigenvalue weighted by Gasteiger charge is 2.46. The zero-order chi connectivity index (χ0) is 19.6. The number of aromatic nitrogens is 2. The van der Waals surface area contributed by atoms with Crippen LogP contribution in [0.2, 0.25) is 0 Å². The van der Waals surface area contributed by atoms with E-state index in [9.17, 15) is 4.79 Å². The molecule has 7 heteroatoms. The molecule has 1 amide bonds. The maximum atomic E-state index is 13.5. The fourth-order valence-corrected chi connectivity index (χ4v) is 5.22. The van der Waals surface area contributed by atoms with Crippen molar-refractivity contribution in [3.63, 3.8) is 0 Å². The van der Waals surface area contributed by atoms with Crippen LogP contribution in [0, 0.1) is 0 Å². The van der Waals surface area contributed by atoms with Gasteiger partial charge in [0.2, 0.25) is 5.91 Å². The smallest absolute Gasteiger partial charge is 0.240 e. The van der Waals surface area contributed by atoms with Crippen LogP contribution >= 0.6 is 0 Å². The minimum absolute atomic E-state index is 0.132. The summed E-state index contributed by atoms with van der Waals surface area (Å²) < 4.78 is 7.51. The lowest BCUT2D eigenvalue weighted by molar-refractivity contribution is -0.134. The van der Waals surface area contributed by atoms with Crippen LogP contribution in [-0.4, -0.2) is 78.2 Å². The van der Waals surface area contributed by atoms with Gasteiger partial charge >= 0.3 is 0 Å². The summed E-state index contributed by atoms with van der Waals surface area (Å²) in [5.74, 6) is 0.269. The quantitative estimate of drug-likeness (QED) is 0.843. The summed E-state index contributed by atoms with van der Waals surface area (Å²) in [6.45, 7) is 5.19. The average Bonchev–Trinajstić information content (AvgIpc) is 3.00. The van der Waals surface area contributed by atoms with Crippen molar-refractivity contribution in [1.82, 2.24) is 24.7 Å². The van der Waals surface area contributed by atoms with Crippen molar-refractivity contribution in [2.75, 3.05) is 46.9 Å². The van der Waals surface area contributed by atoms with Gasteiger partial charge in [-0.25, -0.2) is 4.98 Å². The van der Waals surface area contributed by atoms with Crippen LogP contribution in [0.4, 0.5) is 0 Å². The van der Waals surface area contributed by atoms with E-state index in [1.807, 2.05) is 6.33 Å². The maximum Gasteiger partial charge on any atom is 0.240 e. The number of carbonyl (C=O) groups excluding carboxylic acids is 1. The number of fused-ring (bicyclic) bond motifs is 2. The molecular formula is C21H35N5O2. The fraction of sp³-hybridized carbons (Fsp3) is 0.810. The van der Waals surface area contributed by atoms with Crippen LogP contribution in [0.1, 0.15) is 49.9 Å². The number of hydrogen-bond acceptors (Lipinski definition) is 5. The Balaban J connectivity index is 1.59. The van der Waals surface area contributed by atoms with Crippen LogP contribution in [0.15, 0.2) is 6.33 Å². The van der Waals surface area contributed by atoms with Crippen molar-refractivity contribution < 1.29 is 9.53 Å². The van der Waals surface area contributed by atoms with Gasteiger partial charge in [0, 0.05) is 45.4 Å². The molecule has 1 spiro atoms. The topological polar surface area (TPSA) is 62.6 Å². The number of nitrogens with zero attached hydrogens (tertiary/aromatic N) is 4. The van der Waals surface area contributed by atoms with Gasteiger partial charge in [-0.05, 0) is 32.9 Å². The van der Waals surface area contributed by atoms with Gasteiger partial charge in [-0.1, -0.05) is 19.3 Å². The van der Waals surface area contributed by atoms with E-state index in [-0.39, 0.29) is 17.5 Å². The molecule has 1 saturated carbocycles. The lowest BCUT2D eigenvalue weighted by atomic mass is 9.75. The van der Waals surface area contributed by atoms with Crippen LogP contribution < -0.4 is 5.32 Å². The zero-order valence-corrected chi connectivity index (χ0v) is 17.5. The molecule has 2 aliphatic heterocycles. The summed E-state index contributed by atoms with van der Waals surface area (Å²) in [5.41, 5.74) is 2.29. The third-order valence-corrected chi connectivity index (χ3v) is 6.82. The highest BCUT2D eigenvalue weighted by Crippen LogP contribution is 2.41. The summed E-state index contributed by atoms with van der Waals surface area (Å²) in [7, 11) is 3.88. The predicted molar refractivity (Wildman–Crippen MR) is 108 cm³/mol.